The summed E-state index contributed by atoms with van der Waals surface area (Å²) in [5.41, 5.74) is 1.81. The smallest absolute Gasteiger partial charge is 0.269 e. The maximum absolute atomic E-state index is 12.8. The maximum Gasteiger partial charge on any atom is 0.269 e. The lowest BCUT2D eigenvalue weighted by Crippen LogP contribution is -2.29. The number of hydrogen-bond donors (Lipinski definition) is 1. The zero-order valence-corrected chi connectivity index (χ0v) is 18.1. The van der Waals surface area contributed by atoms with E-state index in [9.17, 15) is 19.7 Å². The minimum atomic E-state index is -0.487. The van der Waals surface area contributed by atoms with Crippen LogP contribution in [0.2, 0.25) is 5.02 Å². The number of amides is 1. The Bertz CT molecular complexity index is 1360. The third-order valence-electron chi connectivity index (χ3n) is 5.05. The number of nitrogens with one attached hydrogen (secondary N) is 1. The van der Waals surface area contributed by atoms with Gasteiger partial charge in [-0.15, -0.1) is 0 Å². The molecule has 0 saturated carbocycles. The van der Waals surface area contributed by atoms with Crippen LogP contribution in [0, 0.1) is 10.1 Å². The molecule has 2 heterocycles. The standard InChI is InChI=1S/C22H19ClN6O4/c23-17-5-1-16(2-6-17)13-27-14-25-21-19(22(27)31)12-26-28(21)10-9-24-20(30)11-15-3-7-18(8-4-15)29(32)33/h1-8,12,14H,9-11,13H2,(H,24,30). The van der Waals surface area contributed by atoms with Crippen LogP contribution in [-0.4, -0.2) is 36.7 Å². The Hall–Kier alpha value is -4.05. The summed E-state index contributed by atoms with van der Waals surface area (Å²) in [7, 11) is 0. The van der Waals surface area contributed by atoms with Gasteiger partial charge in [-0.3, -0.25) is 24.3 Å². The minimum Gasteiger partial charge on any atom is -0.354 e. The first-order chi connectivity index (χ1) is 15.9. The number of nitro benzene ring substituents is 1. The summed E-state index contributed by atoms with van der Waals surface area (Å²) in [6.07, 6.45) is 3.05. The number of non-ortho nitro benzene ring substituents is 1. The van der Waals surface area contributed by atoms with Gasteiger partial charge >= 0.3 is 0 Å². The number of carbonyl (C=O) groups excluding carboxylic acids is 1. The van der Waals surface area contributed by atoms with E-state index in [-0.39, 0.29) is 30.1 Å². The third kappa shape index (κ3) is 5.24. The predicted octanol–water partition coefficient (Wildman–Crippen LogP) is 2.56. The van der Waals surface area contributed by atoms with Gasteiger partial charge in [0.1, 0.15) is 11.7 Å². The molecule has 168 valence electrons. The van der Waals surface area contributed by atoms with Crippen molar-refractivity contribution in [1.29, 1.82) is 0 Å². The van der Waals surface area contributed by atoms with Crippen LogP contribution in [0.15, 0.2) is 65.8 Å². The molecule has 0 unspecified atom stereocenters. The minimum absolute atomic E-state index is 0.0237. The van der Waals surface area contributed by atoms with Crippen molar-refractivity contribution in [2.45, 2.75) is 19.5 Å². The first-order valence-corrected chi connectivity index (χ1v) is 10.4. The zero-order chi connectivity index (χ0) is 23.4. The van der Waals surface area contributed by atoms with Gasteiger partial charge < -0.3 is 5.32 Å². The molecule has 4 aromatic rings. The molecule has 2 aromatic heterocycles. The third-order valence-corrected chi connectivity index (χ3v) is 5.30. The molecule has 0 aliphatic carbocycles. The number of nitrogens with zero attached hydrogens (tertiary/aromatic N) is 5. The van der Waals surface area contributed by atoms with Crippen LogP contribution in [0.5, 0.6) is 0 Å². The molecule has 0 fully saturated rings. The van der Waals surface area contributed by atoms with Gasteiger partial charge in [0.15, 0.2) is 5.65 Å². The molecule has 11 heteroatoms. The average Bonchev–Trinajstić information content (AvgIpc) is 3.21. The van der Waals surface area contributed by atoms with E-state index in [1.807, 2.05) is 12.1 Å². The average molecular weight is 467 g/mol. The summed E-state index contributed by atoms with van der Waals surface area (Å²) in [6.45, 7) is 0.990. The number of carbonyl (C=O) groups is 1. The highest BCUT2D eigenvalue weighted by atomic mass is 35.5. The van der Waals surface area contributed by atoms with Crippen molar-refractivity contribution in [1.82, 2.24) is 24.6 Å². The van der Waals surface area contributed by atoms with E-state index in [0.29, 0.717) is 34.7 Å². The molecule has 0 spiro atoms. The van der Waals surface area contributed by atoms with Crippen LogP contribution in [0.4, 0.5) is 5.69 Å². The fraction of sp³-hybridized carbons (Fsp3) is 0.182. The second kappa shape index (κ2) is 9.61. The van der Waals surface area contributed by atoms with Crippen LogP contribution in [-0.2, 0) is 24.3 Å². The van der Waals surface area contributed by atoms with Gasteiger partial charge in [-0.05, 0) is 23.3 Å². The maximum atomic E-state index is 12.8. The molecule has 0 bridgehead atoms. The van der Waals surface area contributed by atoms with Gasteiger partial charge in [0.2, 0.25) is 5.91 Å². The summed E-state index contributed by atoms with van der Waals surface area (Å²) in [6, 6.07) is 13.1. The molecule has 2 aromatic carbocycles. The Balaban J connectivity index is 1.36. The summed E-state index contributed by atoms with van der Waals surface area (Å²) >= 11 is 5.90. The normalized spacial score (nSPS) is 10.9. The van der Waals surface area contributed by atoms with Crippen molar-refractivity contribution in [2.75, 3.05) is 6.54 Å². The lowest BCUT2D eigenvalue weighted by atomic mass is 10.1. The highest BCUT2D eigenvalue weighted by molar-refractivity contribution is 6.30. The Labute approximate surface area is 192 Å². The van der Waals surface area contributed by atoms with Crippen molar-refractivity contribution in [2.24, 2.45) is 0 Å². The van der Waals surface area contributed by atoms with Crippen molar-refractivity contribution < 1.29 is 9.72 Å². The number of aromatic nitrogens is 4. The van der Waals surface area contributed by atoms with E-state index in [1.165, 1.54) is 29.2 Å². The van der Waals surface area contributed by atoms with E-state index in [0.717, 1.165) is 5.56 Å². The number of hydrogen-bond acceptors (Lipinski definition) is 6. The van der Waals surface area contributed by atoms with Crippen molar-refractivity contribution in [3.8, 4) is 0 Å². The highest BCUT2D eigenvalue weighted by Gasteiger charge is 2.11. The van der Waals surface area contributed by atoms with Gasteiger partial charge in [-0.25, -0.2) is 9.67 Å². The monoisotopic (exact) mass is 466 g/mol. The van der Waals surface area contributed by atoms with Gasteiger partial charge in [-0.2, -0.15) is 5.10 Å². The lowest BCUT2D eigenvalue weighted by molar-refractivity contribution is -0.384. The fourth-order valence-corrected chi connectivity index (χ4v) is 3.47. The number of nitro groups is 1. The van der Waals surface area contributed by atoms with Crippen LogP contribution in [0.25, 0.3) is 11.0 Å². The van der Waals surface area contributed by atoms with Crippen molar-refractivity contribution in [3.63, 3.8) is 0 Å². The second-order valence-corrected chi connectivity index (χ2v) is 7.80. The zero-order valence-electron chi connectivity index (χ0n) is 17.3. The molecule has 0 aliphatic heterocycles. The van der Waals surface area contributed by atoms with Crippen LogP contribution in [0.3, 0.4) is 0 Å². The molecule has 1 N–H and O–H groups in total. The number of benzene rings is 2. The lowest BCUT2D eigenvalue weighted by Gasteiger charge is -2.08. The van der Waals surface area contributed by atoms with Crippen molar-refractivity contribution in [3.05, 3.63) is 97.7 Å². The van der Waals surface area contributed by atoms with Crippen molar-refractivity contribution >= 4 is 34.2 Å². The molecule has 10 nitrogen and oxygen atoms in total. The molecule has 0 aliphatic rings. The van der Waals surface area contributed by atoms with E-state index >= 15 is 0 Å². The van der Waals surface area contributed by atoms with Gasteiger partial charge in [-0.1, -0.05) is 35.9 Å². The first-order valence-electron chi connectivity index (χ1n) is 10.1. The van der Waals surface area contributed by atoms with Gasteiger partial charge in [0, 0.05) is 23.7 Å². The largest absolute Gasteiger partial charge is 0.354 e. The topological polar surface area (TPSA) is 125 Å². The summed E-state index contributed by atoms with van der Waals surface area (Å²) in [5, 5.41) is 18.7. The van der Waals surface area contributed by atoms with Crippen LogP contribution in [0.1, 0.15) is 11.1 Å². The number of halogens is 1. The Morgan fingerprint density at radius 3 is 2.48 bits per heavy atom. The van der Waals surface area contributed by atoms with E-state index in [1.54, 1.807) is 28.9 Å². The Morgan fingerprint density at radius 2 is 1.79 bits per heavy atom. The first kappa shape index (κ1) is 22.2. The summed E-state index contributed by atoms with van der Waals surface area (Å²) in [4.78, 5) is 39.5. The Morgan fingerprint density at radius 1 is 1.09 bits per heavy atom. The summed E-state index contributed by atoms with van der Waals surface area (Å²) in [5.74, 6) is -0.224. The highest BCUT2D eigenvalue weighted by Crippen LogP contribution is 2.13. The van der Waals surface area contributed by atoms with Gasteiger partial charge in [0.25, 0.3) is 11.2 Å². The second-order valence-electron chi connectivity index (χ2n) is 7.36. The van der Waals surface area contributed by atoms with E-state index in [2.05, 4.69) is 15.4 Å². The SMILES string of the molecule is O=C(Cc1ccc([N+](=O)[O-])cc1)NCCn1ncc2c(=O)n(Cc3ccc(Cl)cc3)cnc21. The number of fused-ring (bicyclic) bond motifs is 1. The molecule has 0 atom stereocenters. The van der Waals surface area contributed by atoms with Gasteiger partial charge in [0.05, 0.1) is 30.6 Å². The fourth-order valence-electron chi connectivity index (χ4n) is 3.34. The molecule has 1 amide bonds. The molecule has 33 heavy (non-hydrogen) atoms. The van der Waals surface area contributed by atoms with E-state index in [4.69, 9.17) is 11.6 Å². The molecular weight excluding hydrogens is 448 g/mol. The quantitative estimate of drug-likeness (QED) is 0.314. The van der Waals surface area contributed by atoms with Crippen LogP contribution >= 0.6 is 11.6 Å². The summed E-state index contributed by atoms with van der Waals surface area (Å²) < 4.78 is 3.07. The molecular formula is C22H19ClN6O4. The van der Waals surface area contributed by atoms with E-state index < -0.39 is 4.92 Å². The predicted molar refractivity (Wildman–Crippen MR) is 122 cm³/mol. The number of rotatable bonds is 8. The molecule has 0 radical (unpaired) electrons. The van der Waals surface area contributed by atoms with Crippen LogP contribution < -0.4 is 10.9 Å². The molecule has 4 rings (SSSR count). The Kier molecular flexibility index (Phi) is 6.45. The molecule has 0 saturated heterocycles.